The van der Waals surface area contributed by atoms with E-state index in [0.29, 0.717) is 12.3 Å². The van der Waals surface area contributed by atoms with Crippen LogP contribution in [0, 0.1) is 5.92 Å². The van der Waals surface area contributed by atoms with E-state index in [4.69, 9.17) is 4.74 Å². The van der Waals surface area contributed by atoms with Crippen LogP contribution in [0.4, 0.5) is 0 Å². The van der Waals surface area contributed by atoms with E-state index < -0.39 is 0 Å². The first kappa shape index (κ1) is 13.4. The second kappa shape index (κ2) is 5.80. The summed E-state index contributed by atoms with van der Waals surface area (Å²) in [7, 11) is 0. The summed E-state index contributed by atoms with van der Waals surface area (Å²) in [6, 6.07) is 8.41. The molecular formula is C17H21NO2. The number of hydrogen-bond donors (Lipinski definition) is 0. The maximum absolute atomic E-state index is 11.4. The van der Waals surface area contributed by atoms with Crippen LogP contribution >= 0.6 is 0 Å². The molecule has 2 heterocycles. The molecule has 1 aromatic heterocycles. The molecule has 3 rings (SSSR count). The summed E-state index contributed by atoms with van der Waals surface area (Å²) in [5.41, 5.74) is 2.39. The Hall–Kier alpha value is -1.61. The van der Waals surface area contributed by atoms with E-state index in [1.165, 1.54) is 10.9 Å². The number of fused-ring (bicyclic) bond motifs is 1. The van der Waals surface area contributed by atoms with Crippen molar-refractivity contribution in [3.8, 4) is 0 Å². The fraction of sp³-hybridized carbons (Fsp3) is 0.471. The SMILES string of the molecule is CC(=O)Cc1cccc2c1ccn2CC1CCOCC1. The number of Topliss-reactive ketones (excluding diaryl/α,β-unsaturated/α-hetero) is 1. The molecule has 0 N–H and O–H groups in total. The zero-order valence-electron chi connectivity index (χ0n) is 12.0. The molecule has 2 aromatic rings. The van der Waals surface area contributed by atoms with Crippen molar-refractivity contribution < 1.29 is 9.53 Å². The summed E-state index contributed by atoms with van der Waals surface area (Å²) in [5, 5.41) is 1.22. The topological polar surface area (TPSA) is 31.2 Å². The van der Waals surface area contributed by atoms with Gasteiger partial charge in [0.15, 0.2) is 0 Å². The minimum absolute atomic E-state index is 0.217. The van der Waals surface area contributed by atoms with E-state index in [-0.39, 0.29) is 5.78 Å². The third kappa shape index (κ3) is 2.78. The van der Waals surface area contributed by atoms with Crippen LogP contribution in [0.1, 0.15) is 25.3 Å². The fourth-order valence-electron chi connectivity index (χ4n) is 3.08. The third-order valence-corrected chi connectivity index (χ3v) is 4.14. The zero-order chi connectivity index (χ0) is 13.9. The molecule has 1 saturated heterocycles. The lowest BCUT2D eigenvalue weighted by Crippen LogP contribution is -2.20. The molecule has 3 heteroatoms. The van der Waals surface area contributed by atoms with E-state index in [2.05, 4.69) is 35.0 Å². The van der Waals surface area contributed by atoms with Crippen LogP contribution in [0.2, 0.25) is 0 Å². The Morgan fingerprint density at radius 1 is 1.30 bits per heavy atom. The fourth-order valence-corrected chi connectivity index (χ4v) is 3.08. The van der Waals surface area contributed by atoms with Crippen molar-refractivity contribution in [2.45, 2.75) is 32.7 Å². The zero-order valence-corrected chi connectivity index (χ0v) is 12.0. The third-order valence-electron chi connectivity index (χ3n) is 4.14. The van der Waals surface area contributed by atoms with E-state index >= 15 is 0 Å². The lowest BCUT2D eigenvalue weighted by atomic mass is 10.0. The molecule has 0 radical (unpaired) electrons. The lowest BCUT2D eigenvalue weighted by molar-refractivity contribution is -0.116. The normalized spacial score (nSPS) is 16.6. The molecule has 3 nitrogen and oxygen atoms in total. The Labute approximate surface area is 119 Å². The maximum Gasteiger partial charge on any atom is 0.134 e. The molecule has 1 fully saturated rings. The molecule has 0 saturated carbocycles. The second-order valence-electron chi connectivity index (χ2n) is 5.75. The minimum atomic E-state index is 0.217. The van der Waals surface area contributed by atoms with Crippen molar-refractivity contribution in [2.75, 3.05) is 13.2 Å². The van der Waals surface area contributed by atoms with E-state index in [1.54, 1.807) is 6.92 Å². The van der Waals surface area contributed by atoms with Gasteiger partial charge in [0.25, 0.3) is 0 Å². The summed E-state index contributed by atoms with van der Waals surface area (Å²) < 4.78 is 7.75. The Morgan fingerprint density at radius 2 is 2.10 bits per heavy atom. The summed E-state index contributed by atoms with van der Waals surface area (Å²) in [4.78, 5) is 11.4. The van der Waals surface area contributed by atoms with E-state index in [9.17, 15) is 4.79 Å². The number of aromatic nitrogens is 1. The van der Waals surface area contributed by atoms with Crippen LogP contribution < -0.4 is 0 Å². The van der Waals surface area contributed by atoms with Crippen molar-refractivity contribution >= 4 is 16.7 Å². The highest BCUT2D eigenvalue weighted by molar-refractivity contribution is 5.89. The van der Waals surface area contributed by atoms with Crippen LogP contribution in [0.25, 0.3) is 10.9 Å². The van der Waals surface area contributed by atoms with Gasteiger partial charge in [-0.3, -0.25) is 4.79 Å². The number of ketones is 1. The summed E-state index contributed by atoms with van der Waals surface area (Å²) in [6.07, 6.45) is 4.97. The highest BCUT2D eigenvalue weighted by Gasteiger charge is 2.15. The smallest absolute Gasteiger partial charge is 0.134 e. The number of ether oxygens (including phenoxy) is 1. The molecule has 0 unspecified atom stereocenters. The van der Waals surface area contributed by atoms with Gasteiger partial charge in [-0.25, -0.2) is 0 Å². The number of rotatable bonds is 4. The molecule has 0 spiro atoms. The van der Waals surface area contributed by atoms with Crippen molar-refractivity contribution in [1.29, 1.82) is 0 Å². The maximum atomic E-state index is 11.4. The molecule has 106 valence electrons. The van der Waals surface area contributed by atoms with Gasteiger partial charge in [-0.1, -0.05) is 12.1 Å². The summed E-state index contributed by atoms with van der Waals surface area (Å²) in [5.74, 6) is 0.922. The van der Waals surface area contributed by atoms with Gasteiger partial charge in [-0.15, -0.1) is 0 Å². The van der Waals surface area contributed by atoms with Gasteiger partial charge in [0.2, 0.25) is 0 Å². The Kier molecular flexibility index (Phi) is 3.88. The lowest BCUT2D eigenvalue weighted by Gasteiger charge is -2.22. The Bertz CT molecular complexity index is 608. The second-order valence-corrected chi connectivity index (χ2v) is 5.75. The van der Waals surface area contributed by atoms with Gasteiger partial charge in [0, 0.05) is 43.3 Å². The van der Waals surface area contributed by atoms with Gasteiger partial charge < -0.3 is 9.30 Å². The highest BCUT2D eigenvalue weighted by atomic mass is 16.5. The number of carbonyl (C=O) groups excluding carboxylic acids is 1. The molecule has 0 amide bonds. The largest absolute Gasteiger partial charge is 0.381 e. The monoisotopic (exact) mass is 271 g/mol. The first-order chi connectivity index (χ1) is 9.74. The number of carbonyl (C=O) groups is 1. The first-order valence-corrected chi connectivity index (χ1v) is 7.38. The van der Waals surface area contributed by atoms with Gasteiger partial charge >= 0.3 is 0 Å². The number of hydrogen-bond acceptors (Lipinski definition) is 2. The average molecular weight is 271 g/mol. The van der Waals surface area contributed by atoms with Gasteiger partial charge in [-0.05, 0) is 43.4 Å². The van der Waals surface area contributed by atoms with Gasteiger partial charge in [0.1, 0.15) is 5.78 Å². The predicted octanol–water partition coefficient (Wildman–Crippen LogP) is 3.20. The van der Waals surface area contributed by atoms with Gasteiger partial charge in [-0.2, -0.15) is 0 Å². The molecule has 0 atom stereocenters. The quantitative estimate of drug-likeness (QED) is 0.855. The van der Waals surface area contributed by atoms with E-state index in [1.807, 2.05) is 0 Å². The minimum Gasteiger partial charge on any atom is -0.381 e. The average Bonchev–Trinajstić information content (AvgIpc) is 2.84. The van der Waals surface area contributed by atoms with Gasteiger partial charge in [0.05, 0.1) is 0 Å². The number of nitrogens with zero attached hydrogens (tertiary/aromatic N) is 1. The van der Waals surface area contributed by atoms with Crippen LogP contribution in [-0.4, -0.2) is 23.6 Å². The van der Waals surface area contributed by atoms with Crippen LogP contribution in [0.3, 0.4) is 0 Å². The molecule has 1 aliphatic heterocycles. The van der Waals surface area contributed by atoms with Crippen LogP contribution in [0.15, 0.2) is 30.5 Å². The van der Waals surface area contributed by atoms with Crippen molar-refractivity contribution in [1.82, 2.24) is 4.57 Å². The standard InChI is InChI=1S/C17H21NO2/c1-13(19)11-15-3-2-4-17-16(15)5-8-18(17)12-14-6-9-20-10-7-14/h2-5,8,14H,6-7,9-12H2,1H3. The van der Waals surface area contributed by atoms with E-state index in [0.717, 1.165) is 38.2 Å². The van der Waals surface area contributed by atoms with Crippen molar-refractivity contribution in [2.24, 2.45) is 5.92 Å². The molecule has 0 aliphatic carbocycles. The van der Waals surface area contributed by atoms with Crippen molar-refractivity contribution in [3.05, 3.63) is 36.0 Å². The summed E-state index contributed by atoms with van der Waals surface area (Å²) >= 11 is 0. The molecular weight excluding hydrogens is 250 g/mol. The molecule has 20 heavy (non-hydrogen) atoms. The molecule has 1 aromatic carbocycles. The van der Waals surface area contributed by atoms with Crippen LogP contribution in [-0.2, 0) is 22.5 Å². The number of benzene rings is 1. The Balaban J connectivity index is 1.87. The summed E-state index contributed by atoms with van der Waals surface area (Å²) in [6.45, 7) is 4.48. The first-order valence-electron chi connectivity index (χ1n) is 7.38. The Morgan fingerprint density at radius 3 is 2.85 bits per heavy atom. The highest BCUT2D eigenvalue weighted by Crippen LogP contribution is 2.24. The molecule has 0 bridgehead atoms. The van der Waals surface area contributed by atoms with Crippen LogP contribution in [0.5, 0.6) is 0 Å². The van der Waals surface area contributed by atoms with Crippen molar-refractivity contribution in [3.63, 3.8) is 0 Å². The predicted molar refractivity (Wildman–Crippen MR) is 79.9 cm³/mol. The molecule has 1 aliphatic rings.